The van der Waals surface area contributed by atoms with Gasteiger partial charge in [0.1, 0.15) is 5.75 Å². The highest BCUT2D eigenvalue weighted by Crippen LogP contribution is 2.27. The average Bonchev–Trinajstić information content (AvgIpc) is 2.69. The number of methoxy groups -OCH3 is 1. The number of primary sulfonamides is 1. The van der Waals surface area contributed by atoms with Gasteiger partial charge in [0.05, 0.1) is 23.9 Å². The monoisotopic (exact) mass is 400 g/mol. The highest BCUT2D eigenvalue weighted by molar-refractivity contribution is 7.89. The van der Waals surface area contributed by atoms with Crippen molar-refractivity contribution in [2.24, 2.45) is 5.14 Å². The van der Waals surface area contributed by atoms with Gasteiger partial charge < -0.3 is 20.7 Å². The van der Waals surface area contributed by atoms with Crippen LogP contribution in [0.5, 0.6) is 5.75 Å². The molecule has 0 aliphatic rings. The van der Waals surface area contributed by atoms with Crippen molar-refractivity contribution in [3.8, 4) is 5.75 Å². The molecule has 0 radical (unpaired) electrons. The number of nitrogens with zero attached hydrogens (tertiary/aromatic N) is 3. The molecule has 3 rings (SSSR count). The van der Waals surface area contributed by atoms with Gasteiger partial charge in [-0.1, -0.05) is 6.07 Å². The molecule has 0 saturated heterocycles. The Morgan fingerprint density at radius 2 is 1.86 bits per heavy atom. The van der Waals surface area contributed by atoms with Crippen molar-refractivity contribution in [3.63, 3.8) is 0 Å². The van der Waals surface area contributed by atoms with Gasteiger partial charge in [0, 0.05) is 18.4 Å². The van der Waals surface area contributed by atoms with Crippen LogP contribution in [0.25, 0.3) is 0 Å². The number of hydrogen-bond donors (Lipinski definition) is 3. The van der Waals surface area contributed by atoms with Crippen molar-refractivity contribution in [2.75, 3.05) is 30.1 Å². The van der Waals surface area contributed by atoms with Crippen LogP contribution >= 0.6 is 0 Å². The molecule has 2 aromatic carbocycles. The molecule has 10 heteroatoms. The summed E-state index contributed by atoms with van der Waals surface area (Å²) in [7, 11) is -0.394. The van der Waals surface area contributed by atoms with E-state index in [1.807, 2.05) is 31.3 Å². The van der Waals surface area contributed by atoms with Gasteiger partial charge in [-0.25, -0.2) is 18.5 Å². The summed E-state index contributed by atoms with van der Waals surface area (Å²) in [5.41, 5.74) is 7.62. The largest absolute Gasteiger partial charge is 0.497 e. The molecule has 28 heavy (non-hydrogen) atoms. The Morgan fingerprint density at radius 3 is 2.50 bits per heavy atom. The number of hydrogen-bond acceptors (Lipinski definition) is 8. The molecule has 3 aromatic rings. The fourth-order valence-corrected chi connectivity index (χ4v) is 3.01. The number of anilines is 5. The molecule has 0 unspecified atom stereocenters. The number of ether oxygens (including phenoxy) is 1. The van der Waals surface area contributed by atoms with Gasteiger partial charge in [0.2, 0.25) is 16.0 Å². The number of sulfonamides is 1. The second-order valence-electron chi connectivity index (χ2n) is 5.93. The fraction of sp³-hybridized carbons (Fsp3) is 0.111. The average molecular weight is 400 g/mol. The normalized spacial score (nSPS) is 11.1. The summed E-state index contributed by atoms with van der Waals surface area (Å²) in [6.07, 6.45) is 1.48. The maximum Gasteiger partial charge on any atom is 0.238 e. The molecule has 0 spiro atoms. The van der Waals surface area contributed by atoms with E-state index in [1.165, 1.54) is 18.3 Å². The molecule has 0 amide bonds. The van der Waals surface area contributed by atoms with Gasteiger partial charge in [-0.05, 0) is 42.5 Å². The van der Waals surface area contributed by atoms with Crippen molar-refractivity contribution >= 4 is 38.9 Å². The summed E-state index contributed by atoms with van der Waals surface area (Å²) in [6.45, 7) is 0. The van der Waals surface area contributed by atoms with Crippen LogP contribution in [0, 0.1) is 0 Å². The van der Waals surface area contributed by atoms with Crippen LogP contribution < -0.4 is 25.8 Å². The Morgan fingerprint density at radius 1 is 1.14 bits per heavy atom. The van der Waals surface area contributed by atoms with E-state index in [2.05, 4.69) is 15.3 Å². The molecule has 0 aliphatic heterocycles. The molecule has 5 N–H and O–H groups in total. The summed E-state index contributed by atoms with van der Waals surface area (Å²) in [5.74, 6) is 1.49. The Labute approximate surface area is 163 Å². The zero-order valence-electron chi connectivity index (χ0n) is 15.3. The quantitative estimate of drug-likeness (QED) is 0.573. The van der Waals surface area contributed by atoms with Gasteiger partial charge in [0.25, 0.3) is 0 Å². The summed E-state index contributed by atoms with van der Waals surface area (Å²) >= 11 is 0. The summed E-state index contributed by atoms with van der Waals surface area (Å²) in [5, 5.41) is 8.18. The maximum atomic E-state index is 11.5. The van der Waals surface area contributed by atoms with Gasteiger partial charge in [0.15, 0.2) is 5.82 Å². The second-order valence-corrected chi connectivity index (χ2v) is 7.49. The van der Waals surface area contributed by atoms with E-state index in [1.54, 1.807) is 24.1 Å². The van der Waals surface area contributed by atoms with E-state index < -0.39 is 10.0 Å². The van der Waals surface area contributed by atoms with Crippen LogP contribution in [0.4, 0.5) is 28.8 Å². The highest BCUT2D eigenvalue weighted by atomic mass is 32.2. The van der Waals surface area contributed by atoms with Crippen LogP contribution in [0.2, 0.25) is 0 Å². The van der Waals surface area contributed by atoms with Crippen molar-refractivity contribution in [3.05, 3.63) is 54.7 Å². The SMILES string of the molecule is COc1ccc(N(C)c2ncc(N)c(Nc3cccc(S(N)(=O)=O)c3)n2)cc1. The first-order valence-electron chi connectivity index (χ1n) is 8.18. The van der Waals surface area contributed by atoms with E-state index >= 15 is 0 Å². The lowest BCUT2D eigenvalue weighted by Crippen LogP contribution is -2.15. The van der Waals surface area contributed by atoms with E-state index in [9.17, 15) is 8.42 Å². The van der Waals surface area contributed by atoms with E-state index in [4.69, 9.17) is 15.6 Å². The predicted molar refractivity (Wildman–Crippen MR) is 109 cm³/mol. The van der Waals surface area contributed by atoms with Gasteiger partial charge in [-0.2, -0.15) is 4.98 Å². The van der Waals surface area contributed by atoms with Gasteiger partial charge >= 0.3 is 0 Å². The number of nitrogens with one attached hydrogen (secondary N) is 1. The van der Waals surface area contributed by atoms with Crippen LogP contribution in [0.3, 0.4) is 0 Å². The number of nitrogen functional groups attached to an aromatic ring is 1. The lowest BCUT2D eigenvalue weighted by Gasteiger charge is -2.19. The van der Waals surface area contributed by atoms with Gasteiger partial charge in [-0.15, -0.1) is 0 Å². The van der Waals surface area contributed by atoms with Crippen molar-refractivity contribution in [2.45, 2.75) is 4.90 Å². The second kappa shape index (κ2) is 7.71. The first-order chi connectivity index (χ1) is 13.3. The lowest BCUT2D eigenvalue weighted by atomic mass is 10.3. The smallest absolute Gasteiger partial charge is 0.238 e. The van der Waals surface area contributed by atoms with Crippen LogP contribution in [-0.2, 0) is 10.0 Å². The third-order valence-electron chi connectivity index (χ3n) is 3.99. The zero-order valence-corrected chi connectivity index (χ0v) is 16.1. The molecule has 1 aromatic heterocycles. The first-order valence-corrected chi connectivity index (χ1v) is 9.73. The molecule has 0 bridgehead atoms. The predicted octanol–water partition coefficient (Wildman–Crippen LogP) is 2.23. The molecule has 0 atom stereocenters. The van der Waals surface area contributed by atoms with Crippen LogP contribution in [-0.4, -0.2) is 32.5 Å². The minimum atomic E-state index is -3.81. The topological polar surface area (TPSA) is 136 Å². The third kappa shape index (κ3) is 4.30. The number of nitrogens with two attached hydrogens (primary N) is 2. The fourth-order valence-electron chi connectivity index (χ4n) is 2.45. The van der Waals surface area contributed by atoms with E-state index in [0.717, 1.165) is 11.4 Å². The number of rotatable bonds is 6. The number of aromatic nitrogens is 2. The summed E-state index contributed by atoms with van der Waals surface area (Å²) in [6, 6.07) is 13.5. The summed E-state index contributed by atoms with van der Waals surface area (Å²) in [4.78, 5) is 10.5. The minimum absolute atomic E-state index is 0.0132. The highest BCUT2D eigenvalue weighted by Gasteiger charge is 2.12. The molecular weight excluding hydrogens is 380 g/mol. The molecule has 146 valence electrons. The Hall–Kier alpha value is -3.37. The Bertz CT molecular complexity index is 1090. The van der Waals surface area contributed by atoms with Crippen LogP contribution in [0.1, 0.15) is 0 Å². The van der Waals surface area contributed by atoms with Crippen molar-refractivity contribution < 1.29 is 13.2 Å². The van der Waals surface area contributed by atoms with Gasteiger partial charge in [-0.3, -0.25) is 0 Å². The molecule has 0 saturated carbocycles. The van der Waals surface area contributed by atoms with Crippen LogP contribution in [0.15, 0.2) is 59.6 Å². The molecular formula is C18H20N6O3S. The lowest BCUT2D eigenvalue weighted by molar-refractivity contribution is 0.415. The molecule has 0 aliphatic carbocycles. The minimum Gasteiger partial charge on any atom is -0.497 e. The van der Waals surface area contributed by atoms with Crippen molar-refractivity contribution in [1.29, 1.82) is 0 Å². The Balaban J connectivity index is 1.89. The zero-order chi connectivity index (χ0) is 20.3. The van der Waals surface area contributed by atoms with E-state index in [0.29, 0.717) is 23.1 Å². The maximum absolute atomic E-state index is 11.5. The first kappa shape index (κ1) is 19.4. The summed E-state index contributed by atoms with van der Waals surface area (Å²) < 4.78 is 28.2. The third-order valence-corrected chi connectivity index (χ3v) is 4.90. The molecule has 1 heterocycles. The van der Waals surface area contributed by atoms with Crippen molar-refractivity contribution in [1.82, 2.24) is 9.97 Å². The molecule has 9 nitrogen and oxygen atoms in total. The van der Waals surface area contributed by atoms with E-state index in [-0.39, 0.29) is 4.90 Å². The molecule has 0 fully saturated rings. The Kier molecular flexibility index (Phi) is 5.34. The standard InChI is InChI=1S/C18H20N6O3S/c1-24(13-6-8-14(27-2)9-7-13)18-21-11-16(19)17(23-18)22-12-4-3-5-15(10-12)28(20,25)26/h3-11H,19H2,1-2H3,(H2,20,25,26)(H,21,22,23). The number of benzene rings is 2.